The standard InChI is InChI=1S/C13H18N4O2/c18-10-11-13(12-4-3-9-19-12)17(15-14-11)8-7-16-5-1-2-6-16/h3-4,9,18H,1-2,5-8,10H2. The highest BCUT2D eigenvalue weighted by molar-refractivity contribution is 5.54. The topological polar surface area (TPSA) is 67.3 Å². The fourth-order valence-electron chi connectivity index (χ4n) is 2.54. The van der Waals surface area contributed by atoms with Crippen LogP contribution in [-0.2, 0) is 13.2 Å². The van der Waals surface area contributed by atoms with Gasteiger partial charge in [-0.15, -0.1) is 5.10 Å². The Balaban J connectivity index is 1.78. The molecule has 0 atom stereocenters. The van der Waals surface area contributed by atoms with Gasteiger partial charge in [-0.2, -0.15) is 0 Å². The van der Waals surface area contributed by atoms with Crippen molar-refractivity contribution in [1.29, 1.82) is 0 Å². The minimum Gasteiger partial charge on any atom is -0.463 e. The molecule has 0 aromatic carbocycles. The normalized spacial score (nSPS) is 16.3. The summed E-state index contributed by atoms with van der Waals surface area (Å²) in [7, 11) is 0. The minimum absolute atomic E-state index is 0.125. The first-order chi connectivity index (χ1) is 9.38. The van der Waals surface area contributed by atoms with Gasteiger partial charge in [-0.25, -0.2) is 4.68 Å². The molecule has 2 aromatic heterocycles. The van der Waals surface area contributed by atoms with Gasteiger partial charge in [0.15, 0.2) is 5.76 Å². The Morgan fingerprint density at radius 2 is 2.11 bits per heavy atom. The van der Waals surface area contributed by atoms with Crippen LogP contribution in [0.4, 0.5) is 0 Å². The molecule has 0 unspecified atom stereocenters. The molecule has 1 aliphatic heterocycles. The first-order valence-electron chi connectivity index (χ1n) is 6.68. The zero-order valence-corrected chi connectivity index (χ0v) is 10.8. The lowest BCUT2D eigenvalue weighted by molar-refractivity contribution is 0.277. The van der Waals surface area contributed by atoms with E-state index in [4.69, 9.17) is 4.42 Å². The molecular formula is C13H18N4O2. The number of nitrogens with zero attached hydrogens (tertiary/aromatic N) is 4. The van der Waals surface area contributed by atoms with Gasteiger partial charge in [-0.1, -0.05) is 5.21 Å². The molecule has 2 aromatic rings. The van der Waals surface area contributed by atoms with Crippen molar-refractivity contribution in [3.05, 3.63) is 24.1 Å². The van der Waals surface area contributed by atoms with Crippen molar-refractivity contribution in [2.75, 3.05) is 19.6 Å². The van der Waals surface area contributed by atoms with Crippen LogP contribution in [0.5, 0.6) is 0 Å². The second-order valence-electron chi connectivity index (χ2n) is 4.79. The van der Waals surface area contributed by atoms with Gasteiger partial charge in [0.05, 0.1) is 19.4 Å². The third-order valence-electron chi connectivity index (χ3n) is 3.54. The van der Waals surface area contributed by atoms with E-state index in [2.05, 4.69) is 15.2 Å². The van der Waals surface area contributed by atoms with Gasteiger partial charge in [-0.3, -0.25) is 0 Å². The molecule has 6 heteroatoms. The van der Waals surface area contributed by atoms with Crippen molar-refractivity contribution < 1.29 is 9.52 Å². The third kappa shape index (κ3) is 2.54. The SMILES string of the molecule is OCc1nnn(CCN2CCCC2)c1-c1ccco1. The van der Waals surface area contributed by atoms with E-state index in [-0.39, 0.29) is 6.61 Å². The zero-order chi connectivity index (χ0) is 13.1. The van der Waals surface area contributed by atoms with Crippen LogP contribution in [0.3, 0.4) is 0 Å². The Kier molecular flexibility index (Phi) is 3.61. The van der Waals surface area contributed by atoms with Crippen LogP contribution >= 0.6 is 0 Å². The molecule has 6 nitrogen and oxygen atoms in total. The van der Waals surface area contributed by atoms with Crippen LogP contribution in [0.1, 0.15) is 18.5 Å². The van der Waals surface area contributed by atoms with E-state index in [0.29, 0.717) is 11.5 Å². The maximum absolute atomic E-state index is 9.34. The molecule has 0 aliphatic carbocycles. The monoisotopic (exact) mass is 262 g/mol. The quantitative estimate of drug-likeness (QED) is 0.874. The molecule has 1 N–H and O–H groups in total. The molecule has 1 aliphatic rings. The van der Waals surface area contributed by atoms with Crippen LogP contribution in [0, 0.1) is 0 Å². The van der Waals surface area contributed by atoms with Crippen molar-refractivity contribution in [2.24, 2.45) is 0 Å². The summed E-state index contributed by atoms with van der Waals surface area (Å²) in [5, 5.41) is 17.5. The molecule has 1 fully saturated rings. The number of furan rings is 1. The predicted octanol–water partition coefficient (Wildman–Crippen LogP) is 1.13. The molecule has 0 amide bonds. The largest absolute Gasteiger partial charge is 0.463 e. The van der Waals surface area contributed by atoms with Crippen LogP contribution in [0.2, 0.25) is 0 Å². The van der Waals surface area contributed by atoms with Crippen molar-refractivity contribution >= 4 is 0 Å². The smallest absolute Gasteiger partial charge is 0.153 e. The molecule has 0 bridgehead atoms. The van der Waals surface area contributed by atoms with E-state index in [0.717, 1.165) is 31.9 Å². The molecule has 0 saturated carbocycles. The number of likely N-dealkylation sites (tertiary alicyclic amines) is 1. The van der Waals surface area contributed by atoms with Crippen molar-refractivity contribution in [3.63, 3.8) is 0 Å². The molecule has 1 saturated heterocycles. The summed E-state index contributed by atoms with van der Waals surface area (Å²) in [5.74, 6) is 0.704. The zero-order valence-electron chi connectivity index (χ0n) is 10.8. The van der Waals surface area contributed by atoms with Crippen LogP contribution in [-0.4, -0.2) is 44.6 Å². The van der Waals surface area contributed by atoms with Crippen molar-refractivity contribution in [2.45, 2.75) is 26.0 Å². The summed E-state index contributed by atoms with van der Waals surface area (Å²) in [6.45, 7) is 3.93. The number of aliphatic hydroxyl groups excluding tert-OH is 1. The van der Waals surface area contributed by atoms with Gasteiger partial charge in [-0.05, 0) is 38.1 Å². The average molecular weight is 262 g/mol. The Morgan fingerprint density at radius 1 is 1.26 bits per heavy atom. The van der Waals surface area contributed by atoms with Crippen molar-refractivity contribution in [3.8, 4) is 11.5 Å². The van der Waals surface area contributed by atoms with E-state index in [9.17, 15) is 5.11 Å². The number of hydrogen-bond donors (Lipinski definition) is 1. The van der Waals surface area contributed by atoms with Crippen molar-refractivity contribution in [1.82, 2.24) is 19.9 Å². The van der Waals surface area contributed by atoms with Gasteiger partial charge in [0, 0.05) is 6.54 Å². The predicted molar refractivity (Wildman–Crippen MR) is 69.3 cm³/mol. The number of rotatable bonds is 5. The number of aliphatic hydroxyl groups is 1. The second-order valence-corrected chi connectivity index (χ2v) is 4.79. The van der Waals surface area contributed by atoms with Gasteiger partial charge in [0.25, 0.3) is 0 Å². The average Bonchev–Trinajstić information content (AvgIpc) is 3.16. The molecular weight excluding hydrogens is 244 g/mol. The van der Waals surface area contributed by atoms with E-state index >= 15 is 0 Å². The summed E-state index contributed by atoms with van der Waals surface area (Å²) in [6, 6.07) is 3.69. The van der Waals surface area contributed by atoms with Gasteiger partial charge in [0.1, 0.15) is 11.4 Å². The Labute approximate surface area is 111 Å². The Bertz CT molecular complexity index is 515. The summed E-state index contributed by atoms with van der Waals surface area (Å²) in [5.41, 5.74) is 1.35. The molecule has 3 rings (SSSR count). The summed E-state index contributed by atoms with van der Waals surface area (Å²) >= 11 is 0. The Morgan fingerprint density at radius 3 is 2.79 bits per heavy atom. The molecule has 19 heavy (non-hydrogen) atoms. The lowest BCUT2D eigenvalue weighted by Crippen LogP contribution is -2.24. The maximum Gasteiger partial charge on any atom is 0.153 e. The summed E-state index contributed by atoms with van der Waals surface area (Å²) < 4.78 is 7.23. The van der Waals surface area contributed by atoms with E-state index in [1.165, 1.54) is 12.8 Å². The highest BCUT2D eigenvalue weighted by Crippen LogP contribution is 2.22. The number of aromatic nitrogens is 3. The minimum atomic E-state index is -0.125. The third-order valence-corrected chi connectivity index (χ3v) is 3.54. The van der Waals surface area contributed by atoms with Crippen LogP contribution in [0.25, 0.3) is 11.5 Å². The van der Waals surface area contributed by atoms with E-state index in [1.807, 2.05) is 16.8 Å². The lowest BCUT2D eigenvalue weighted by atomic mass is 10.2. The van der Waals surface area contributed by atoms with Gasteiger partial charge >= 0.3 is 0 Å². The first kappa shape index (κ1) is 12.4. The Hall–Kier alpha value is -1.66. The van der Waals surface area contributed by atoms with E-state index < -0.39 is 0 Å². The fraction of sp³-hybridized carbons (Fsp3) is 0.538. The van der Waals surface area contributed by atoms with Crippen LogP contribution < -0.4 is 0 Å². The molecule has 3 heterocycles. The number of hydrogen-bond acceptors (Lipinski definition) is 5. The van der Waals surface area contributed by atoms with E-state index in [1.54, 1.807) is 6.26 Å². The summed E-state index contributed by atoms with van der Waals surface area (Å²) in [4.78, 5) is 2.42. The maximum atomic E-state index is 9.34. The van der Waals surface area contributed by atoms with Gasteiger partial charge < -0.3 is 14.4 Å². The first-order valence-corrected chi connectivity index (χ1v) is 6.68. The van der Waals surface area contributed by atoms with Crippen LogP contribution in [0.15, 0.2) is 22.8 Å². The molecule has 102 valence electrons. The fourth-order valence-corrected chi connectivity index (χ4v) is 2.54. The second kappa shape index (κ2) is 5.54. The highest BCUT2D eigenvalue weighted by Gasteiger charge is 2.18. The van der Waals surface area contributed by atoms with Gasteiger partial charge in [0.2, 0.25) is 0 Å². The highest BCUT2D eigenvalue weighted by atomic mass is 16.3. The summed E-state index contributed by atoms with van der Waals surface area (Å²) in [6.07, 6.45) is 4.18. The molecule has 0 radical (unpaired) electrons. The molecule has 0 spiro atoms. The lowest BCUT2D eigenvalue weighted by Gasteiger charge is -2.14.